The topological polar surface area (TPSA) is 341 Å². The zero-order valence-electron chi connectivity index (χ0n) is 24.7. The van der Waals surface area contributed by atoms with Crippen LogP contribution in [0.15, 0.2) is 0 Å². The van der Waals surface area contributed by atoms with E-state index in [9.17, 15) is 4.79 Å². The first-order chi connectivity index (χ1) is 19.8. The number of aliphatic carboxylic acids is 1. The highest BCUT2D eigenvalue weighted by atomic mass is 16.4. The molecule has 16 N–H and O–H groups in total. The molecule has 0 atom stereocenters. The molecular weight excluding hydrogens is 572 g/mol. The first-order valence-corrected chi connectivity index (χ1v) is 13.5. The van der Waals surface area contributed by atoms with Gasteiger partial charge >= 0.3 is 5.97 Å². The van der Waals surface area contributed by atoms with Gasteiger partial charge in [0, 0.05) is 6.42 Å². The number of hydrogen-bond acceptors (Lipinski definition) is 16. The van der Waals surface area contributed by atoms with E-state index in [-0.39, 0.29) is 66.1 Å². The van der Waals surface area contributed by atoms with Crippen LogP contribution in [0.3, 0.4) is 0 Å². The van der Waals surface area contributed by atoms with Crippen molar-refractivity contribution < 1.29 is 86.5 Å². The Hall–Kier alpha value is -1.13. The first-order valence-electron chi connectivity index (χ1n) is 13.5. The Balaban J connectivity index is -0.0000000955. The molecule has 0 radical (unpaired) electrons. The number of carbonyl (C=O) groups is 1. The maximum atomic E-state index is 10.1. The Morgan fingerprint density at radius 1 is 0.405 bits per heavy atom. The van der Waals surface area contributed by atoms with Gasteiger partial charge in [0.2, 0.25) is 0 Å². The lowest BCUT2D eigenvalue weighted by Crippen LogP contribution is -2.15. The lowest BCUT2D eigenvalue weighted by molar-refractivity contribution is -0.137. The molecular formula is C25H60O17. The second-order valence-corrected chi connectivity index (χ2v) is 8.36. The highest BCUT2D eigenvalue weighted by Gasteiger charge is 1.97. The predicted octanol–water partition coefficient (Wildman–Crippen LogP) is -5.13. The smallest absolute Gasteiger partial charge is 0.303 e. The van der Waals surface area contributed by atoms with Crippen LogP contribution in [-0.2, 0) is 4.79 Å². The molecule has 0 aromatic heterocycles. The predicted molar refractivity (Wildman–Crippen MR) is 151 cm³/mol. The Kier molecular flexibility index (Phi) is 63.0. The summed E-state index contributed by atoms with van der Waals surface area (Å²) >= 11 is 0. The molecule has 0 saturated carbocycles. The van der Waals surface area contributed by atoms with E-state index in [0.717, 1.165) is 12.8 Å². The SMILES string of the molecule is CCCCCCCCCC(=O)O.OCC(O)CO.OCC(O)CO.OCC(O)CO.OCC(O)CO.OCC(O)CO. The van der Waals surface area contributed by atoms with Crippen molar-refractivity contribution in [1.82, 2.24) is 0 Å². The molecule has 17 heteroatoms. The van der Waals surface area contributed by atoms with Gasteiger partial charge in [-0.05, 0) is 6.42 Å². The van der Waals surface area contributed by atoms with Crippen LogP contribution in [0.4, 0.5) is 0 Å². The number of aliphatic hydroxyl groups excluding tert-OH is 15. The summed E-state index contributed by atoms with van der Waals surface area (Å²) in [6.07, 6.45) is 3.87. The average molecular weight is 633 g/mol. The van der Waals surface area contributed by atoms with E-state index in [1.807, 2.05) is 0 Å². The zero-order valence-corrected chi connectivity index (χ0v) is 24.7. The minimum atomic E-state index is -0.954. The van der Waals surface area contributed by atoms with Crippen LogP contribution in [0.5, 0.6) is 0 Å². The van der Waals surface area contributed by atoms with Gasteiger partial charge in [0.25, 0.3) is 0 Å². The third-order valence-corrected chi connectivity index (χ3v) is 4.10. The van der Waals surface area contributed by atoms with Crippen molar-refractivity contribution in [3.8, 4) is 0 Å². The fourth-order valence-electron chi connectivity index (χ4n) is 1.52. The number of carboxylic acid groups (broad SMARTS) is 1. The molecule has 0 aliphatic heterocycles. The first kappa shape index (κ1) is 53.4. The van der Waals surface area contributed by atoms with Crippen LogP contribution in [0, 0.1) is 0 Å². The van der Waals surface area contributed by atoms with E-state index in [4.69, 9.17) is 81.7 Å². The van der Waals surface area contributed by atoms with Crippen LogP contribution in [0.2, 0.25) is 0 Å². The van der Waals surface area contributed by atoms with E-state index < -0.39 is 36.5 Å². The van der Waals surface area contributed by atoms with Crippen molar-refractivity contribution in [2.24, 2.45) is 0 Å². The Morgan fingerprint density at radius 2 is 0.595 bits per heavy atom. The fourth-order valence-corrected chi connectivity index (χ4v) is 1.52. The number of aliphatic hydroxyl groups is 15. The molecule has 17 nitrogen and oxygen atoms in total. The molecule has 0 saturated heterocycles. The van der Waals surface area contributed by atoms with Gasteiger partial charge in [-0.15, -0.1) is 0 Å². The molecule has 0 aliphatic rings. The summed E-state index contributed by atoms with van der Waals surface area (Å²) in [5.74, 6) is -0.663. The van der Waals surface area contributed by atoms with Gasteiger partial charge in [0.15, 0.2) is 0 Å². The summed E-state index contributed by atoms with van der Waals surface area (Å²) in [6.45, 7) is -1.45. The Bertz CT molecular complexity index is 371. The van der Waals surface area contributed by atoms with Crippen LogP contribution in [0.25, 0.3) is 0 Å². The van der Waals surface area contributed by atoms with Crippen LogP contribution in [0.1, 0.15) is 58.3 Å². The van der Waals surface area contributed by atoms with E-state index in [1.54, 1.807) is 0 Å². The van der Waals surface area contributed by atoms with Gasteiger partial charge in [0.1, 0.15) is 30.5 Å². The quantitative estimate of drug-likeness (QED) is 0.0628. The van der Waals surface area contributed by atoms with E-state index in [0.29, 0.717) is 6.42 Å². The minimum Gasteiger partial charge on any atom is -0.481 e. The number of unbranched alkanes of at least 4 members (excludes halogenated alkanes) is 6. The number of rotatable bonds is 18. The van der Waals surface area contributed by atoms with Crippen molar-refractivity contribution in [3.05, 3.63) is 0 Å². The van der Waals surface area contributed by atoms with E-state index >= 15 is 0 Å². The third kappa shape index (κ3) is 71.8. The largest absolute Gasteiger partial charge is 0.481 e. The highest BCUT2D eigenvalue weighted by Crippen LogP contribution is 2.07. The fraction of sp³-hybridized carbons (Fsp3) is 0.960. The summed E-state index contributed by atoms with van der Waals surface area (Å²) in [4.78, 5) is 10.1. The summed E-state index contributed by atoms with van der Waals surface area (Å²) in [6, 6.07) is 0. The van der Waals surface area contributed by atoms with Crippen molar-refractivity contribution in [3.63, 3.8) is 0 Å². The lowest BCUT2D eigenvalue weighted by Gasteiger charge is -1.98. The zero-order chi connectivity index (χ0) is 34.2. The van der Waals surface area contributed by atoms with E-state index in [1.165, 1.54) is 32.1 Å². The van der Waals surface area contributed by atoms with Crippen molar-refractivity contribution >= 4 is 5.97 Å². The van der Waals surface area contributed by atoms with Gasteiger partial charge in [-0.25, -0.2) is 0 Å². The maximum absolute atomic E-state index is 10.1. The molecule has 42 heavy (non-hydrogen) atoms. The van der Waals surface area contributed by atoms with Crippen LogP contribution < -0.4 is 0 Å². The normalized spacial score (nSPS) is 10.0. The summed E-state index contributed by atoms with van der Waals surface area (Å²) in [5.41, 5.74) is 0. The summed E-state index contributed by atoms with van der Waals surface area (Å²) in [5, 5.41) is 128. The Labute approximate surface area is 247 Å². The number of carboxylic acids is 1. The average Bonchev–Trinajstić information content (AvgIpc) is 3.03. The van der Waals surface area contributed by atoms with Crippen LogP contribution >= 0.6 is 0 Å². The van der Waals surface area contributed by atoms with Crippen LogP contribution in [-0.4, -0.2) is 184 Å². The van der Waals surface area contributed by atoms with Crippen molar-refractivity contribution in [2.45, 2.75) is 88.8 Å². The maximum Gasteiger partial charge on any atom is 0.303 e. The molecule has 0 spiro atoms. The summed E-state index contributed by atoms with van der Waals surface area (Å²) in [7, 11) is 0. The highest BCUT2D eigenvalue weighted by molar-refractivity contribution is 5.66. The van der Waals surface area contributed by atoms with Gasteiger partial charge in [-0.3, -0.25) is 4.79 Å². The second-order valence-electron chi connectivity index (χ2n) is 8.36. The van der Waals surface area contributed by atoms with E-state index in [2.05, 4.69) is 6.92 Å². The van der Waals surface area contributed by atoms with Gasteiger partial charge in [-0.1, -0.05) is 45.4 Å². The van der Waals surface area contributed by atoms with Gasteiger partial charge in [0.05, 0.1) is 66.1 Å². The number of hydrogen-bond donors (Lipinski definition) is 16. The second kappa shape index (κ2) is 49.5. The molecule has 0 bridgehead atoms. The third-order valence-electron chi connectivity index (χ3n) is 4.10. The standard InChI is InChI=1S/C10H20O2.5C3H8O3/c1-2-3-4-5-6-7-8-9-10(11)12;5*4-1-3(6)2-5/h2-9H2,1H3,(H,11,12);5*3-6H,1-2H2. The Morgan fingerprint density at radius 3 is 0.738 bits per heavy atom. The van der Waals surface area contributed by atoms with Crippen molar-refractivity contribution in [1.29, 1.82) is 0 Å². The monoisotopic (exact) mass is 632 g/mol. The molecule has 0 rings (SSSR count). The lowest BCUT2D eigenvalue weighted by atomic mass is 10.1. The molecule has 0 aliphatic carbocycles. The molecule has 262 valence electrons. The summed E-state index contributed by atoms with van der Waals surface area (Å²) < 4.78 is 0. The van der Waals surface area contributed by atoms with Gasteiger partial charge < -0.3 is 81.7 Å². The minimum absolute atomic E-state index is 0.341. The molecule has 0 heterocycles. The molecule has 0 unspecified atom stereocenters. The molecule has 0 aromatic rings. The van der Waals surface area contributed by atoms with Gasteiger partial charge in [-0.2, -0.15) is 0 Å². The molecule has 0 aromatic carbocycles. The molecule has 0 amide bonds. The molecule has 0 fully saturated rings. The van der Waals surface area contributed by atoms with Crippen molar-refractivity contribution in [2.75, 3.05) is 66.1 Å².